The molecule has 0 aromatic heterocycles. The van der Waals surface area contributed by atoms with Gasteiger partial charge in [0, 0.05) is 24.6 Å². The molecule has 27 heavy (non-hydrogen) atoms. The molecule has 0 radical (unpaired) electrons. The van der Waals surface area contributed by atoms with E-state index in [1.54, 1.807) is 7.11 Å². The van der Waals surface area contributed by atoms with Gasteiger partial charge < -0.3 is 15.2 Å². The molecule has 0 saturated heterocycles. The molecule has 0 spiro atoms. The third-order valence-electron chi connectivity index (χ3n) is 4.82. The lowest BCUT2D eigenvalue weighted by Gasteiger charge is -2.20. The van der Waals surface area contributed by atoms with Gasteiger partial charge in [-0.1, -0.05) is 60.7 Å². The largest absolute Gasteiger partial charge is 0.496 e. The zero-order chi connectivity index (χ0) is 19.1. The second-order valence-electron chi connectivity index (χ2n) is 6.67. The van der Waals surface area contributed by atoms with Crippen LogP contribution in [0.25, 0.3) is 10.8 Å². The standard InChI is InChI=1S/C23H25NO3/c1-27-22-13-11-18-9-5-6-10-20(18)21(22)16-24-19(12-14-23(25)26)15-17-7-3-2-4-8-17/h2-11,13,19,24H,12,14-16H2,1H3,(H,25,26). The highest BCUT2D eigenvalue weighted by molar-refractivity contribution is 5.87. The molecule has 4 nitrogen and oxygen atoms in total. The summed E-state index contributed by atoms with van der Waals surface area (Å²) in [5, 5.41) is 15.0. The SMILES string of the molecule is COc1ccc2ccccc2c1CNC(CCC(=O)O)Cc1ccccc1. The quantitative estimate of drug-likeness (QED) is 0.591. The number of fused-ring (bicyclic) bond motifs is 1. The smallest absolute Gasteiger partial charge is 0.303 e. The van der Waals surface area contributed by atoms with E-state index in [1.165, 1.54) is 10.9 Å². The average molecular weight is 363 g/mol. The number of aliphatic carboxylic acids is 1. The zero-order valence-corrected chi connectivity index (χ0v) is 15.5. The van der Waals surface area contributed by atoms with Crippen molar-refractivity contribution in [1.29, 1.82) is 0 Å². The fraction of sp³-hybridized carbons (Fsp3) is 0.261. The summed E-state index contributed by atoms with van der Waals surface area (Å²) >= 11 is 0. The van der Waals surface area contributed by atoms with Gasteiger partial charge in [0.25, 0.3) is 0 Å². The van der Waals surface area contributed by atoms with Crippen molar-refractivity contribution in [3.63, 3.8) is 0 Å². The minimum Gasteiger partial charge on any atom is -0.496 e. The Labute approximate surface area is 159 Å². The number of carboxylic acids is 1. The zero-order valence-electron chi connectivity index (χ0n) is 15.5. The molecular formula is C23H25NO3. The van der Waals surface area contributed by atoms with E-state index in [0.717, 1.165) is 23.1 Å². The van der Waals surface area contributed by atoms with Gasteiger partial charge in [0.1, 0.15) is 5.75 Å². The minimum absolute atomic E-state index is 0.0761. The molecule has 4 heteroatoms. The molecule has 0 amide bonds. The maximum Gasteiger partial charge on any atom is 0.303 e. The van der Waals surface area contributed by atoms with Crippen molar-refractivity contribution in [1.82, 2.24) is 5.32 Å². The molecule has 0 aliphatic heterocycles. The molecule has 0 heterocycles. The number of hydrogen-bond acceptors (Lipinski definition) is 3. The molecule has 0 fully saturated rings. The van der Waals surface area contributed by atoms with Crippen LogP contribution in [0.1, 0.15) is 24.0 Å². The number of carboxylic acid groups (broad SMARTS) is 1. The van der Waals surface area contributed by atoms with Crippen LogP contribution >= 0.6 is 0 Å². The van der Waals surface area contributed by atoms with Crippen molar-refractivity contribution in [3.05, 3.63) is 77.9 Å². The van der Waals surface area contributed by atoms with Crippen molar-refractivity contribution >= 4 is 16.7 Å². The molecule has 140 valence electrons. The summed E-state index contributed by atoms with van der Waals surface area (Å²) in [6.07, 6.45) is 1.52. The first-order valence-electron chi connectivity index (χ1n) is 9.21. The van der Waals surface area contributed by atoms with Crippen LogP contribution in [0.4, 0.5) is 0 Å². The number of benzene rings is 3. The van der Waals surface area contributed by atoms with E-state index in [1.807, 2.05) is 36.4 Å². The predicted octanol–water partition coefficient (Wildman–Crippen LogP) is 4.41. The number of methoxy groups -OCH3 is 1. The Morgan fingerprint density at radius 3 is 2.52 bits per heavy atom. The molecule has 3 aromatic carbocycles. The average Bonchev–Trinajstić information content (AvgIpc) is 2.70. The van der Waals surface area contributed by atoms with Gasteiger partial charge in [-0.25, -0.2) is 0 Å². The van der Waals surface area contributed by atoms with E-state index in [0.29, 0.717) is 13.0 Å². The number of hydrogen-bond donors (Lipinski definition) is 2. The Balaban J connectivity index is 1.80. The number of carbonyl (C=O) groups is 1. The van der Waals surface area contributed by atoms with Crippen LogP contribution in [0.2, 0.25) is 0 Å². The van der Waals surface area contributed by atoms with Gasteiger partial charge >= 0.3 is 5.97 Å². The van der Waals surface area contributed by atoms with Crippen molar-refractivity contribution < 1.29 is 14.6 Å². The molecule has 0 bridgehead atoms. The minimum atomic E-state index is -0.766. The summed E-state index contributed by atoms with van der Waals surface area (Å²) in [7, 11) is 1.68. The first-order chi connectivity index (χ1) is 13.2. The van der Waals surface area contributed by atoms with Gasteiger partial charge in [0.05, 0.1) is 7.11 Å². The van der Waals surface area contributed by atoms with Crippen LogP contribution in [0, 0.1) is 0 Å². The lowest BCUT2D eigenvalue weighted by Crippen LogP contribution is -2.31. The second-order valence-corrected chi connectivity index (χ2v) is 6.67. The summed E-state index contributed by atoms with van der Waals surface area (Å²) in [6.45, 7) is 0.627. The fourth-order valence-corrected chi connectivity index (χ4v) is 3.41. The van der Waals surface area contributed by atoms with E-state index in [-0.39, 0.29) is 12.5 Å². The molecule has 0 saturated carbocycles. The molecule has 1 atom stereocenters. The van der Waals surface area contributed by atoms with Gasteiger partial charge in [-0.2, -0.15) is 0 Å². The van der Waals surface area contributed by atoms with Crippen LogP contribution < -0.4 is 10.1 Å². The topological polar surface area (TPSA) is 58.6 Å². The number of ether oxygens (including phenoxy) is 1. The van der Waals surface area contributed by atoms with E-state index in [9.17, 15) is 4.79 Å². The molecule has 3 aromatic rings. The van der Waals surface area contributed by atoms with Gasteiger partial charge in [0.2, 0.25) is 0 Å². The maximum atomic E-state index is 11.1. The van der Waals surface area contributed by atoms with Crippen molar-refractivity contribution in [2.24, 2.45) is 0 Å². The van der Waals surface area contributed by atoms with Gasteiger partial charge in [-0.05, 0) is 35.2 Å². The van der Waals surface area contributed by atoms with Crippen molar-refractivity contribution in [3.8, 4) is 5.75 Å². The van der Waals surface area contributed by atoms with Gasteiger partial charge in [0.15, 0.2) is 0 Å². The van der Waals surface area contributed by atoms with Crippen LogP contribution in [-0.2, 0) is 17.8 Å². The first kappa shape index (κ1) is 18.9. The maximum absolute atomic E-state index is 11.1. The summed E-state index contributed by atoms with van der Waals surface area (Å²) < 4.78 is 5.57. The van der Waals surface area contributed by atoms with E-state index < -0.39 is 5.97 Å². The highest BCUT2D eigenvalue weighted by atomic mass is 16.5. The highest BCUT2D eigenvalue weighted by Gasteiger charge is 2.14. The number of nitrogens with one attached hydrogen (secondary N) is 1. The number of rotatable bonds is 9. The highest BCUT2D eigenvalue weighted by Crippen LogP contribution is 2.28. The van der Waals surface area contributed by atoms with Crippen LogP contribution in [0.5, 0.6) is 5.75 Å². The molecule has 0 aliphatic carbocycles. The summed E-state index contributed by atoms with van der Waals surface area (Å²) in [6, 6.07) is 22.5. The van der Waals surface area contributed by atoms with Crippen LogP contribution in [0.15, 0.2) is 66.7 Å². The lowest BCUT2D eigenvalue weighted by atomic mass is 10.00. The Kier molecular flexibility index (Phi) is 6.44. The third-order valence-corrected chi connectivity index (χ3v) is 4.82. The summed E-state index contributed by atoms with van der Waals surface area (Å²) in [5.41, 5.74) is 2.30. The predicted molar refractivity (Wildman–Crippen MR) is 108 cm³/mol. The monoisotopic (exact) mass is 363 g/mol. The van der Waals surface area contributed by atoms with Crippen molar-refractivity contribution in [2.75, 3.05) is 7.11 Å². The molecule has 0 aliphatic rings. The Morgan fingerprint density at radius 2 is 1.78 bits per heavy atom. The van der Waals surface area contributed by atoms with E-state index >= 15 is 0 Å². The lowest BCUT2D eigenvalue weighted by molar-refractivity contribution is -0.137. The molecular weight excluding hydrogens is 338 g/mol. The van der Waals surface area contributed by atoms with Crippen LogP contribution in [-0.4, -0.2) is 24.2 Å². The van der Waals surface area contributed by atoms with Gasteiger partial charge in [-0.3, -0.25) is 4.79 Å². The van der Waals surface area contributed by atoms with E-state index in [4.69, 9.17) is 9.84 Å². The van der Waals surface area contributed by atoms with Crippen LogP contribution in [0.3, 0.4) is 0 Å². The Hall–Kier alpha value is -2.85. The molecule has 3 rings (SSSR count). The van der Waals surface area contributed by atoms with E-state index in [2.05, 4.69) is 35.6 Å². The summed E-state index contributed by atoms with van der Waals surface area (Å²) in [5.74, 6) is 0.0792. The summed E-state index contributed by atoms with van der Waals surface area (Å²) in [4.78, 5) is 11.1. The third kappa shape index (κ3) is 5.08. The second kappa shape index (κ2) is 9.19. The first-order valence-corrected chi connectivity index (χ1v) is 9.21. The Bertz CT molecular complexity index is 893. The normalized spacial score (nSPS) is 12.0. The Morgan fingerprint density at radius 1 is 1.04 bits per heavy atom. The fourth-order valence-electron chi connectivity index (χ4n) is 3.41. The molecule has 1 unspecified atom stereocenters. The van der Waals surface area contributed by atoms with Crippen molar-refractivity contribution in [2.45, 2.75) is 31.8 Å². The van der Waals surface area contributed by atoms with Gasteiger partial charge in [-0.15, -0.1) is 0 Å². The molecule has 2 N–H and O–H groups in total.